The summed E-state index contributed by atoms with van der Waals surface area (Å²) in [6.07, 6.45) is 14.2. The fraction of sp³-hybridized carbons (Fsp3) is 0.944. The lowest BCUT2D eigenvalue weighted by molar-refractivity contribution is 0.220. The Kier molecular flexibility index (Phi) is 13.9. The number of nitrogens with zero attached hydrogens (tertiary/aromatic N) is 2. The highest BCUT2D eigenvalue weighted by atomic mass is 33.1. The predicted octanol–water partition coefficient (Wildman–Crippen LogP) is 5.82. The molecule has 0 unspecified atom stereocenters. The van der Waals surface area contributed by atoms with Crippen LogP contribution in [0.5, 0.6) is 0 Å². The molecule has 1 heterocycles. The minimum atomic E-state index is 1.09. The third-order valence-electron chi connectivity index (χ3n) is 4.47. The van der Waals surface area contributed by atoms with Crippen LogP contribution in [0.25, 0.3) is 0 Å². The number of hydrogen-bond donors (Lipinski definition) is 0. The van der Waals surface area contributed by atoms with Crippen LogP contribution >= 0.6 is 33.8 Å². The maximum Gasteiger partial charge on any atom is 0.147 e. The first-order valence-corrected chi connectivity index (χ1v) is 12.2. The summed E-state index contributed by atoms with van der Waals surface area (Å²) < 4.78 is 1.09. The molecule has 0 aliphatic carbocycles. The van der Waals surface area contributed by atoms with E-state index in [1.165, 1.54) is 70.0 Å². The predicted molar refractivity (Wildman–Crippen MR) is 114 cm³/mol. The Labute approximate surface area is 157 Å². The summed E-state index contributed by atoms with van der Waals surface area (Å²) in [6, 6.07) is 0. The second-order valence-corrected chi connectivity index (χ2v) is 9.69. The van der Waals surface area contributed by atoms with E-state index >= 15 is 0 Å². The molecule has 1 rings (SSSR count). The Morgan fingerprint density at radius 1 is 0.826 bits per heavy atom. The molecule has 2 nitrogen and oxygen atoms in total. The zero-order valence-corrected chi connectivity index (χ0v) is 17.7. The molecule has 0 aromatic heterocycles. The molecular formula is C18H36N2S3. The van der Waals surface area contributed by atoms with E-state index in [1.807, 2.05) is 21.6 Å². The number of hydrogen-bond acceptors (Lipinski definition) is 4. The second kappa shape index (κ2) is 14.9. The Morgan fingerprint density at radius 2 is 1.35 bits per heavy atom. The third-order valence-corrected chi connectivity index (χ3v) is 7.60. The van der Waals surface area contributed by atoms with Gasteiger partial charge in [-0.15, -0.1) is 0 Å². The molecule has 23 heavy (non-hydrogen) atoms. The van der Waals surface area contributed by atoms with Crippen LogP contribution in [-0.4, -0.2) is 53.1 Å². The average Bonchev–Trinajstić information content (AvgIpc) is 2.56. The number of unbranched alkanes of at least 4 members (excludes halogenated alkanes) is 9. The summed E-state index contributed by atoms with van der Waals surface area (Å²) in [4.78, 5) is 4.74. The van der Waals surface area contributed by atoms with Gasteiger partial charge in [-0.05, 0) is 24.3 Å². The summed E-state index contributed by atoms with van der Waals surface area (Å²) in [5, 5.41) is 0. The third kappa shape index (κ3) is 11.7. The topological polar surface area (TPSA) is 6.48 Å². The van der Waals surface area contributed by atoms with E-state index in [4.69, 9.17) is 12.2 Å². The van der Waals surface area contributed by atoms with Crippen molar-refractivity contribution in [1.82, 2.24) is 9.80 Å². The molecule has 0 bridgehead atoms. The van der Waals surface area contributed by atoms with Crippen molar-refractivity contribution in [3.63, 3.8) is 0 Å². The number of piperazine rings is 1. The molecule has 0 N–H and O–H groups in total. The van der Waals surface area contributed by atoms with Crippen molar-refractivity contribution in [1.29, 1.82) is 0 Å². The first-order valence-electron chi connectivity index (χ1n) is 9.51. The van der Waals surface area contributed by atoms with Gasteiger partial charge in [-0.2, -0.15) is 0 Å². The Balaban J connectivity index is 1.81. The molecule has 1 aliphatic heterocycles. The summed E-state index contributed by atoms with van der Waals surface area (Å²) in [5.74, 6) is 1.25. The molecule has 0 spiro atoms. The van der Waals surface area contributed by atoms with Gasteiger partial charge in [0.05, 0.1) is 0 Å². The number of likely N-dealkylation sites (N-methyl/N-ethyl adjacent to an activating group) is 1. The molecule has 0 aromatic rings. The van der Waals surface area contributed by atoms with Gasteiger partial charge in [0.15, 0.2) is 0 Å². The van der Waals surface area contributed by atoms with E-state index in [-0.39, 0.29) is 0 Å². The van der Waals surface area contributed by atoms with Gasteiger partial charge in [0.25, 0.3) is 0 Å². The lowest BCUT2D eigenvalue weighted by Gasteiger charge is -2.33. The zero-order valence-electron chi connectivity index (χ0n) is 15.2. The molecule has 5 heteroatoms. The normalized spacial score (nSPS) is 16.0. The first kappa shape index (κ1) is 21.6. The molecule has 0 radical (unpaired) electrons. The van der Waals surface area contributed by atoms with Crippen LogP contribution in [-0.2, 0) is 0 Å². The van der Waals surface area contributed by atoms with E-state index in [1.54, 1.807) is 0 Å². The lowest BCUT2D eigenvalue weighted by Crippen LogP contribution is -2.45. The standard InChI is InChI=1S/C18H36N2S3/c1-3-4-5-6-7-8-9-10-11-12-17-22-23-18(21)20-15-13-19(2)14-16-20/h3-17H2,1-2H3. The average molecular weight is 377 g/mol. The van der Waals surface area contributed by atoms with Gasteiger partial charge in [0, 0.05) is 31.9 Å². The van der Waals surface area contributed by atoms with E-state index in [2.05, 4.69) is 23.8 Å². The minimum Gasteiger partial charge on any atom is -0.354 e. The number of thiocarbonyl (C=S) groups is 1. The molecule has 1 aliphatic rings. The van der Waals surface area contributed by atoms with Crippen molar-refractivity contribution < 1.29 is 0 Å². The molecule has 0 amide bonds. The van der Waals surface area contributed by atoms with Crippen LogP contribution in [0.15, 0.2) is 0 Å². The molecule has 1 saturated heterocycles. The highest BCUT2D eigenvalue weighted by Crippen LogP contribution is 2.27. The molecular weight excluding hydrogens is 340 g/mol. The van der Waals surface area contributed by atoms with Crippen molar-refractivity contribution in [3.05, 3.63) is 0 Å². The molecule has 0 aromatic carbocycles. The first-order chi connectivity index (χ1) is 11.2. The maximum absolute atomic E-state index is 5.54. The molecule has 0 atom stereocenters. The summed E-state index contributed by atoms with van der Waals surface area (Å²) in [5.41, 5.74) is 0. The van der Waals surface area contributed by atoms with Crippen LogP contribution in [0, 0.1) is 0 Å². The van der Waals surface area contributed by atoms with Crippen LogP contribution < -0.4 is 0 Å². The quantitative estimate of drug-likeness (QED) is 0.240. The van der Waals surface area contributed by atoms with Crippen molar-refractivity contribution in [2.24, 2.45) is 0 Å². The van der Waals surface area contributed by atoms with Crippen molar-refractivity contribution in [2.75, 3.05) is 39.0 Å². The SMILES string of the molecule is CCCCCCCCCCCCSSC(=S)N1CCN(C)CC1. The van der Waals surface area contributed by atoms with Gasteiger partial charge in [0.1, 0.15) is 4.32 Å². The van der Waals surface area contributed by atoms with Crippen molar-refractivity contribution in [2.45, 2.75) is 71.1 Å². The van der Waals surface area contributed by atoms with E-state index in [0.717, 1.165) is 30.5 Å². The van der Waals surface area contributed by atoms with Crippen LogP contribution in [0.3, 0.4) is 0 Å². The summed E-state index contributed by atoms with van der Waals surface area (Å²) >= 11 is 5.54. The second-order valence-electron chi connectivity index (χ2n) is 6.64. The summed E-state index contributed by atoms with van der Waals surface area (Å²) in [7, 11) is 5.96. The Morgan fingerprint density at radius 3 is 1.91 bits per heavy atom. The fourth-order valence-corrected chi connectivity index (χ4v) is 5.41. The highest BCUT2D eigenvalue weighted by molar-refractivity contribution is 8.83. The highest BCUT2D eigenvalue weighted by Gasteiger charge is 2.16. The Hall–Kier alpha value is 0.550. The zero-order chi connectivity index (χ0) is 16.8. The van der Waals surface area contributed by atoms with Gasteiger partial charge in [-0.3, -0.25) is 0 Å². The largest absolute Gasteiger partial charge is 0.354 e. The minimum absolute atomic E-state index is 1.09. The van der Waals surface area contributed by atoms with E-state index in [9.17, 15) is 0 Å². The van der Waals surface area contributed by atoms with Crippen LogP contribution in [0.1, 0.15) is 71.1 Å². The number of rotatable bonds is 12. The van der Waals surface area contributed by atoms with E-state index in [0.29, 0.717) is 0 Å². The van der Waals surface area contributed by atoms with E-state index < -0.39 is 0 Å². The van der Waals surface area contributed by atoms with Crippen molar-refractivity contribution >= 4 is 38.1 Å². The molecule has 1 fully saturated rings. The van der Waals surface area contributed by atoms with Gasteiger partial charge >= 0.3 is 0 Å². The molecule has 0 saturated carbocycles. The molecule has 136 valence electrons. The van der Waals surface area contributed by atoms with Gasteiger partial charge in [0.2, 0.25) is 0 Å². The van der Waals surface area contributed by atoms with Gasteiger partial charge in [-0.25, -0.2) is 0 Å². The fourth-order valence-electron chi connectivity index (χ4n) is 2.78. The van der Waals surface area contributed by atoms with Crippen LogP contribution in [0.2, 0.25) is 0 Å². The maximum atomic E-state index is 5.54. The van der Waals surface area contributed by atoms with Crippen molar-refractivity contribution in [3.8, 4) is 0 Å². The van der Waals surface area contributed by atoms with Gasteiger partial charge < -0.3 is 9.80 Å². The van der Waals surface area contributed by atoms with Gasteiger partial charge in [-0.1, -0.05) is 87.7 Å². The van der Waals surface area contributed by atoms with Crippen LogP contribution in [0.4, 0.5) is 0 Å². The summed E-state index contributed by atoms with van der Waals surface area (Å²) in [6.45, 7) is 6.77. The monoisotopic (exact) mass is 376 g/mol. The lowest BCUT2D eigenvalue weighted by atomic mass is 10.1. The Bertz CT molecular complexity index is 292. The smallest absolute Gasteiger partial charge is 0.147 e.